The van der Waals surface area contributed by atoms with Crippen LogP contribution in [0.1, 0.15) is 49.5 Å². The zero-order chi connectivity index (χ0) is 23.1. The summed E-state index contributed by atoms with van der Waals surface area (Å²) in [6.07, 6.45) is -0.355. The molecule has 1 atom stereocenters. The van der Waals surface area contributed by atoms with Gasteiger partial charge in [0.25, 0.3) is 5.91 Å². The maximum Gasteiger partial charge on any atom is 0.337 e. The molecule has 1 amide bonds. The molecule has 0 bridgehead atoms. The second-order valence-electron chi connectivity index (χ2n) is 7.32. The number of hydrogen-bond donors (Lipinski definition) is 3. The van der Waals surface area contributed by atoms with E-state index in [1.807, 2.05) is 0 Å². The Balaban J connectivity index is 2.61. The zero-order valence-electron chi connectivity index (χ0n) is 18.4. The van der Waals surface area contributed by atoms with E-state index in [4.69, 9.17) is 20.1 Å². The second kappa shape index (κ2) is 10.7. The third kappa shape index (κ3) is 5.71. The Bertz CT molecular complexity index is 920. The molecule has 1 unspecified atom stereocenters. The van der Waals surface area contributed by atoms with Gasteiger partial charge in [-0.15, -0.1) is 0 Å². The number of carbonyl (C=O) groups is 3. The molecule has 31 heavy (non-hydrogen) atoms. The van der Waals surface area contributed by atoms with Crippen molar-refractivity contribution in [1.29, 1.82) is 0 Å². The van der Waals surface area contributed by atoms with Gasteiger partial charge in [0.2, 0.25) is 0 Å². The monoisotopic (exact) mass is 431 g/mol. The number of carbonyl (C=O) groups excluding carboxylic acids is 3. The minimum atomic E-state index is -0.798. The number of benzene rings is 1. The van der Waals surface area contributed by atoms with Crippen LogP contribution in [0.15, 0.2) is 46.8 Å². The van der Waals surface area contributed by atoms with E-state index in [9.17, 15) is 14.4 Å². The molecular weight excluding hydrogens is 402 g/mol. The van der Waals surface area contributed by atoms with Crippen molar-refractivity contribution in [2.24, 2.45) is 5.84 Å². The number of hydrazine groups is 1. The molecular formula is C22H29N3O6. The molecule has 1 heterocycles. The van der Waals surface area contributed by atoms with Crippen LogP contribution >= 0.6 is 0 Å². The van der Waals surface area contributed by atoms with Gasteiger partial charge < -0.3 is 19.5 Å². The van der Waals surface area contributed by atoms with Crippen molar-refractivity contribution in [2.45, 2.75) is 39.7 Å². The zero-order valence-corrected chi connectivity index (χ0v) is 18.4. The number of allylic oxidation sites excluding steroid dienone is 2. The molecule has 168 valence electrons. The van der Waals surface area contributed by atoms with Crippen LogP contribution in [-0.2, 0) is 23.8 Å². The molecule has 1 aromatic carbocycles. The van der Waals surface area contributed by atoms with Crippen molar-refractivity contribution in [3.63, 3.8) is 0 Å². The van der Waals surface area contributed by atoms with Gasteiger partial charge in [-0.1, -0.05) is 12.1 Å². The van der Waals surface area contributed by atoms with Crippen LogP contribution in [0.25, 0.3) is 0 Å². The number of ether oxygens (including phenoxy) is 3. The topological polar surface area (TPSA) is 129 Å². The first-order valence-electron chi connectivity index (χ1n) is 9.87. The van der Waals surface area contributed by atoms with E-state index in [0.29, 0.717) is 17.0 Å². The van der Waals surface area contributed by atoms with E-state index >= 15 is 0 Å². The molecule has 9 heteroatoms. The summed E-state index contributed by atoms with van der Waals surface area (Å²) in [6, 6.07) is 6.56. The van der Waals surface area contributed by atoms with E-state index in [2.05, 4.69) is 10.7 Å². The van der Waals surface area contributed by atoms with E-state index in [0.717, 1.165) is 0 Å². The summed E-state index contributed by atoms with van der Waals surface area (Å²) in [5.74, 6) is 2.82. The SMILES string of the molecule is COCCOC(=O)C1=C(C)NC(C)=C(C(=O)OC(C)C)C1c1cccc(C(=O)NN)c1. The molecule has 0 radical (unpaired) electrons. The largest absolute Gasteiger partial charge is 0.460 e. The number of nitrogen functional groups attached to an aromatic ring is 1. The number of rotatable bonds is 8. The number of hydrogen-bond acceptors (Lipinski definition) is 8. The lowest BCUT2D eigenvalue weighted by Crippen LogP contribution is -2.34. The second-order valence-corrected chi connectivity index (χ2v) is 7.32. The van der Waals surface area contributed by atoms with Crippen LogP contribution < -0.4 is 16.6 Å². The standard InChI is InChI=1S/C22H29N3O6/c1-12(2)31-22(28)18-14(4)24-13(3)17(21(27)30-10-9-29-5)19(18)15-7-6-8-16(11-15)20(26)25-23/h6-8,11-12,19,24H,9-10,23H2,1-5H3,(H,25,26). The summed E-state index contributed by atoms with van der Waals surface area (Å²) in [6.45, 7) is 7.24. The molecule has 0 aromatic heterocycles. The number of esters is 2. The van der Waals surface area contributed by atoms with Gasteiger partial charge in [0.05, 0.1) is 29.8 Å². The molecule has 0 saturated carbocycles. The Morgan fingerprint density at radius 2 is 1.74 bits per heavy atom. The molecule has 0 saturated heterocycles. The molecule has 2 rings (SSSR count). The first kappa shape index (κ1) is 24.1. The van der Waals surface area contributed by atoms with Crippen LogP contribution in [0.3, 0.4) is 0 Å². The summed E-state index contributed by atoms with van der Waals surface area (Å²) in [4.78, 5) is 38.0. The Kier molecular flexibility index (Phi) is 8.35. The van der Waals surface area contributed by atoms with Crippen LogP contribution in [0.5, 0.6) is 0 Å². The molecule has 0 spiro atoms. The van der Waals surface area contributed by atoms with Crippen molar-refractivity contribution in [3.8, 4) is 0 Å². The lowest BCUT2D eigenvalue weighted by atomic mass is 9.80. The predicted octanol–water partition coefficient (Wildman–Crippen LogP) is 1.67. The maximum absolute atomic E-state index is 13.0. The quantitative estimate of drug-likeness (QED) is 0.186. The van der Waals surface area contributed by atoms with Crippen LogP contribution in [-0.4, -0.2) is 44.3 Å². The van der Waals surface area contributed by atoms with Crippen molar-refractivity contribution in [3.05, 3.63) is 57.9 Å². The minimum Gasteiger partial charge on any atom is -0.460 e. The first-order chi connectivity index (χ1) is 14.7. The van der Waals surface area contributed by atoms with Gasteiger partial charge in [-0.25, -0.2) is 15.4 Å². The van der Waals surface area contributed by atoms with Crippen molar-refractivity contribution in [1.82, 2.24) is 10.7 Å². The fourth-order valence-corrected chi connectivity index (χ4v) is 3.38. The van der Waals surface area contributed by atoms with Crippen molar-refractivity contribution in [2.75, 3.05) is 20.3 Å². The van der Waals surface area contributed by atoms with E-state index in [1.165, 1.54) is 7.11 Å². The highest BCUT2D eigenvalue weighted by atomic mass is 16.6. The number of amides is 1. The highest BCUT2D eigenvalue weighted by Gasteiger charge is 2.38. The number of nitrogens with two attached hydrogens (primary N) is 1. The van der Waals surface area contributed by atoms with Crippen LogP contribution in [0, 0.1) is 0 Å². The van der Waals surface area contributed by atoms with Crippen molar-refractivity contribution < 1.29 is 28.6 Å². The summed E-state index contributed by atoms with van der Waals surface area (Å²) in [5.41, 5.74) is 4.54. The lowest BCUT2D eigenvalue weighted by molar-refractivity contribution is -0.143. The number of methoxy groups -OCH3 is 1. The van der Waals surface area contributed by atoms with E-state index < -0.39 is 23.8 Å². The summed E-state index contributed by atoms with van der Waals surface area (Å²) >= 11 is 0. The van der Waals surface area contributed by atoms with E-state index in [1.54, 1.807) is 52.0 Å². The Morgan fingerprint density at radius 3 is 2.32 bits per heavy atom. The minimum absolute atomic E-state index is 0.0585. The molecule has 4 N–H and O–H groups in total. The average molecular weight is 431 g/mol. The third-order valence-electron chi connectivity index (χ3n) is 4.68. The smallest absolute Gasteiger partial charge is 0.337 e. The molecule has 0 aliphatic carbocycles. The van der Waals surface area contributed by atoms with Gasteiger partial charge >= 0.3 is 11.9 Å². The number of dihydropyridines is 1. The van der Waals surface area contributed by atoms with Gasteiger partial charge in [-0.05, 0) is 45.4 Å². The molecule has 1 aliphatic heterocycles. The van der Waals surface area contributed by atoms with Gasteiger partial charge in [0.15, 0.2) is 0 Å². The Hall–Kier alpha value is -3.17. The van der Waals surface area contributed by atoms with Crippen LogP contribution in [0.4, 0.5) is 0 Å². The average Bonchev–Trinajstić information content (AvgIpc) is 2.72. The normalized spacial score (nSPS) is 16.2. The highest BCUT2D eigenvalue weighted by Crippen LogP contribution is 2.39. The molecule has 1 aromatic rings. The fourth-order valence-electron chi connectivity index (χ4n) is 3.38. The predicted molar refractivity (Wildman–Crippen MR) is 113 cm³/mol. The number of nitrogens with one attached hydrogen (secondary N) is 2. The molecule has 1 aliphatic rings. The molecule has 0 fully saturated rings. The highest BCUT2D eigenvalue weighted by molar-refractivity contribution is 6.00. The van der Waals surface area contributed by atoms with Crippen LogP contribution in [0.2, 0.25) is 0 Å². The Labute approximate surface area is 181 Å². The molecule has 9 nitrogen and oxygen atoms in total. The van der Waals surface area contributed by atoms with Gasteiger partial charge in [0, 0.05) is 24.1 Å². The van der Waals surface area contributed by atoms with Gasteiger partial charge in [0.1, 0.15) is 6.61 Å². The summed E-state index contributed by atoms with van der Waals surface area (Å²) in [5, 5.41) is 3.08. The lowest BCUT2D eigenvalue weighted by Gasteiger charge is -2.31. The third-order valence-corrected chi connectivity index (χ3v) is 4.68. The Morgan fingerprint density at radius 1 is 1.10 bits per heavy atom. The van der Waals surface area contributed by atoms with Gasteiger partial charge in [-0.2, -0.15) is 0 Å². The summed E-state index contributed by atoms with van der Waals surface area (Å²) in [7, 11) is 1.50. The summed E-state index contributed by atoms with van der Waals surface area (Å²) < 4.78 is 15.7. The van der Waals surface area contributed by atoms with E-state index in [-0.39, 0.29) is 36.0 Å². The fraction of sp³-hybridized carbons (Fsp3) is 0.409. The first-order valence-corrected chi connectivity index (χ1v) is 9.87. The van der Waals surface area contributed by atoms with Gasteiger partial charge in [-0.3, -0.25) is 10.2 Å². The maximum atomic E-state index is 13.0. The van der Waals surface area contributed by atoms with Crippen molar-refractivity contribution >= 4 is 17.8 Å².